The summed E-state index contributed by atoms with van der Waals surface area (Å²) in [6.07, 6.45) is 3.37. The fourth-order valence-electron chi connectivity index (χ4n) is 2.10. The fraction of sp³-hybridized carbons (Fsp3) is 0.375. The molecular formula is C16H21NOS. The van der Waals surface area contributed by atoms with E-state index in [9.17, 15) is 0 Å². The van der Waals surface area contributed by atoms with Crippen molar-refractivity contribution in [3.63, 3.8) is 0 Å². The predicted octanol–water partition coefficient (Wildman–Crippen LogP) is 3.93. The highest BCUT2D eigenvalue weighted by molar-refractivity contribution is 7.17. The molecule has 0 aliphatic heterocycles. The Morgan fingerprint density at radius 3 is 3.05 bits per heavy atom. The quantitative estimate of drug-likeness (QED) is 0.773. The molecule has 3 heteroatoms. The largest absolute Gasteiger partial charge is 0.383 e. The van der Waals surface area contributed by atoms with Gasteiger partial charge in [0.05, 0.1) is 6.61 Å². The Bertz CT molecular complexity index is 544. The van der Waals surface area contributed by atoms with Gasteiger partial charge in [0.15, 0.2) is 0 Å². The van der Waals surface area contributed by atoms with E-state index in [1.165, 1.54) is 21.2 Å². The summed E-state index contributed by atoms with van der Waals surface area (Å²) >= 11 is 1.82. The van der Waals surface area contributed by atoms with Gasteiger partial charge in [0.1, 0.15) is 0 Å². The molecule has 0 bridgehead atoms. The maximum Gasteiger partial charge on any atom is 0.0587 e. The summed E-state index contributed by atoms with van der Waals surface area (Å²) in [5, 5.41) is 6.86. The molecule has 0 radical (unpaired) electrons. The van der Waals surface area contributed by atoms with Crippen molar-refractivity contribution >= 4 is 27.0 Å². The monoisotopic (exact) mass is 275 g/mol. The SMILES string of the molecule is COCCNCC/C=C(/C)c1cccc2ccsc12. The van der Waals surface area contributed by atoms with Gasteiger partial charge in [-0.2, -0.15) is 0 Å². The number of nitrogens with one attached hydrogen (secondary N) is 1. The van der Waals surface area contributed by atoms with Crippen molar-refractivity contribution in [1.29, 1.82) is 0 Å². The van der Waals surface area contributed by atoms with Gasteiger partial charge in [-0.1, -0.05) is 24.3 Å². The second-order valence-electron chi connectivity index (χ2n) is 4.56. The van der Waals surface area contributed by atoms with Gasteiger partial charge in [0, 0.05) is 18.4 Å². The van der Waals surface area contributed by atoms with Gasteiger partial charge < -0.3 is 10.1 Å². The molecule has 1 aromatic carbocycles. The summed E-state index contributed by atoms with van der Waals surface area (Å²) in [6.45, 7) is 4.89. The first-order valence-corrected chi connectivity index (χ1v) is 7.54. The third-order valence-electron chi connectivity index (χ3n) is 3.16. The van der Waals surface area contributed by atoms with E-state index in [0.29, 0.717) is 0 Å². The lowest BCUT2D eigenvalue weighted by atomic mass is 10.0. The molecule has 2 nitrogen and oxygen atoms in total. The van der Waals surface area contributed by atoms with Gasteiger partial charge in [-0.05, 0) is 47.9 Å². The van der Waals surface area contributed by atoms with Crippen LogP contribution in [0.5, 0.6) is 0 Å². The molecule has 19 heavy (non-hydrogen) atoms. The third-order valence-corrected chi connectivity index (χ3v) is 4.12. The van der Waals surface area contributed by atoms with Crippen LogP contribution in [0.3, 0.4) is 0 Å². The standard InChI is InChI=1S/C16H21NOS/c1-13(5-4-9-17-10-11-18-2)15-7-3-6-14-8-12-19-16(14)15/h3,5-8,12,17H,4,9-11H2,1-2H3/b13-5-. The Balaban J connectivity index is 1.95. The number of fused-ring (bicyclic) bond motifs is 1. The van der Waals surface area contributed by atoms with E-state index >= 15 is 0 Å². The summed E-state index contributed by atoms with van der Waals surface area (Å²) in [7, 11) is 1.73. The van der Waals surface area contributed by atoms with Crippen LogP contribution < -0.4 is 5.32 Å². The Morgan fingerprint density at radius 1 is 1.32 bits per heavy atom. The molecule has 0 unspecified atom stereocenters. The Morgan fingerprint density at radius 2 is 2.21 bits per heavy atom. The average molecular weight is 275 g/mol. The lowest BCUT2D eigenvalue weighted by molar-refractivity contribution is 0.199. The normalized spacial score (nSPS) is 12.2. The molecule has 1 aromatic heterocycles. The molecule has 0 saturated heterocycles. The van der Waals surface area contributed by atoms with E-state index in [1.54, 1.807) is 7.11 Å². The van der Waals surface area contributed by atoms with E-state index in [-0.39, 0.29) is 0 Å². The Kier molecular flexibility index (Phi) is 5.58. The van der Waals surface area contributed by atoms with Crippen molar-refractivity contribution in [3.8, 4) is 0 Å². The van der Waals surface area contributed by atoms with Gasteiger partial charge in [-0.3, -0.25) is 0 Å². The molecule has 0 aliphatic rings. The van der Waals surface area contributed by atoms with Crippen LogP contribution in [0.4, 0.5) is 0 Å². The Hall–Kier alpha value is -1.16. The zero-order chi connectivity index (χ0) is 13.5. The van der Waals surface area contributed by atoms with Gasteiger partial charge >= 0.3 is 0 Å². The second kappa shape index (κ2) is 7.43. The van der Waals surface area contributed by atoms with Crippen LogP contribution in [-0.4, -0.2) is 26.8 Å². The van der Waals surface area contributed by atoms with E-state index < -0.39 is 0 Å². The number of allylic oxidation sites excluding steroid dienone is 1. The van der Waals surface area contributed by atoms with Crippen molar-refractivity contribution in [2.24, 2.45) is 0 Å². The van der Waals surface area contributed by atoms with E-state index in [2.05, 4.69) is 48.0 Å². The summed E-state index contributed by atoms with van der Waals surface area (Å²) in [5.41, 5.74) is 2.73. The summed E-state index contributed by atoms with van der Waals surface area (Å²) in [6, 6.07) is 8.71. The molecule has 102 valence electrons. The maximum absolute atomic E-state index is 5.00. The highest BCUT2D eigenvalue weighted by Crippen LogP contribution is 2.29. The van der Waals surface area contributed by atoms with Crippen LogP contribution in [0.25, 0.3) is 15.7 Å². The molecule has 1 heterocycles. The van der Waals surface area contributed by atoms with Crippen molar-refractivity contribution in [2.45, 2.75) is 13.3 Å². The molecule has 0 saturated carbocycles. The van der Waals surface area contributed by atoms with Crippen LogP contribution >= 0.6 is 11.3 Å². The molecule has 2 rings (SSSR count). The highest BCUT2D eigenvalue weighted by atomic mass is 32.1. The third kappa shape index (κ3) is 3.90. The van der Waals surface area contributed by atoms with Crippen molar-refractivity contribution < 1.29 is 4.74 Å². The number of thiophene rings is 1. The van der Waals surface area contributed by atoms with Crippen molar-refractivity contribution in [1.82, 2.24) is 5.32 Å². The molecule has 0 spiro atoms. The molecule has 1 N–H and O–H groups in total. The molecule has 0 fully saturated rings. The average Bonchev–Trinajstić information content (AvgIpc) is 2.90. The van der Waals surface area contributed by atoms with E-state index in [1.807, 2.05) is 11.3 Å². The second-order valence-corrected chi connectivity index (χ2v) is 5.48. The minimum absolute atomic E-state index is 0.775. The summed E-state index contributed by atoms with van der Waals surface area (Å²) < 4.78 is 6.39. The van der Waals surface area contributed by atoms with Crippen LogP contribution in [0.1, 0.15) is 18.9 Å². The smallest absolute Gasteiger partial charge is 0.0587 e. The van der Waals surface area contributed by atoms with Crippen LogP contribution in [0, 0.1) is 0 Å². The lowest BCUT2D eigenvalue weighted by Crippen LogP contribution is -2.19. The zero-order valence-corrected chi connectivity index (χ0v) is 12.4. The Labute approximate surface area is 119 Å². The number of benzene rings is 1. The minimum Gasteiger partial charge on any atom is -0.383 e. The first-order valence-electron chi connectivity index (χ1n) is 6.66. The predicted molar refractivity (Wildman–Crippen MR) is 84.8 cm³/mol. The number of ether oxygens (including phenoxy) is 1. The molecular weight excluding hydrogens is 254 g/mol. The van der Waals surface area contributed by atoms with Gasteiger partial charge in [0.25, 0.3) is 0 Å². The molecule has 0 amide bonds. The topological polar surface area (TPSA) is 21.3 Å². The first kappa shape index (κ1) is 14.3. The number of rotatable bonds is 7. The summed E-state index contributed by atoms with van der Waals surface area (Å²) in [5.74, 6) is 0. The first-order chi connectivity index (χ1) is 9.33. The number of hydrogen-bond acceptors (Lipinski definition) is 3. The lowest BCUT2D eigenvalue weighted by Gasteiger charge is -2.05. The maximum atomic E-state index is 5.00. The minimum atomic E-state index is 0.775. The summed E-state index contributed by atoms with van der Waals surface area (Å²) in [4.78, 5) is 0. The number of hydrogen-bond donors (Lipinski definition) is 1. The van der Waals surface area contributed by atoms with Crippen molar-refractivity contribution in [2.75, 3.05) is 26.8 Å². The van der Waals surface area contributed by atoms with Crippen LogP contribution in [0.2, 0.25) is 0 Å². The van der Waals surface area contributed by atoms with E-state index in [0.717, 1.165) is 26.1 Å². The zero-order valence-electron chi connectivity index (χ0n) is 11.6. The van der Waals surface area contributed by atoms with Crippen LogP contribution in [-0.2, 0) is 4.74 Å². The molecule has 2 aromatic rings. The molecule has 0 atom stereocenters. The number of methoxy groups -OCH3 is 1. The highest BCUT2D eigenvalue weighted by Gasteiger charge is 2.03. The molecule has 0 aliphatic carbocycles. The van der Waals surface area contributed by atoms with Crippen molar-refractivity contribution in [3.05, 3.63) is 41.3 Å². The fourth-order valence-corrected chi connectivity index (χ4v) is 3.08. The van der Waals surface area contributed by atoms with Crippen LogP contribution in [0.15, 0.2) is 35.7 Å². The van der Waals surface area contributed by atoms with Gasteiger partial charge in [-0.15, -0.1) is 11.3 Å². The van der Waals surface area contributed by atoms with Gasteiger partial charge in [0.2, 0.25) is 0 Å². The van der Waals surface area contributed by atoms with E-state index in [4.69, 9.17) is 4.74 Å². The van der Waals surface area contributed by atoms with Gasteiger partial charge in [-0.25, -0.2) is 0 Å².